The van der Waals surface area contributed by atoms with Gasteiger partial charge in [-0.25, -0.2) is 0 Å². The lowest BCUT2D eigenvalue weighted by atomic mass is 9.97. The number of ether oxygens (including phenoxy) is 1. The van der Waals surface area contributed by atoms with Crippen LogP contribution in [0.4, 0.5) is 0 Å². The lowest BCUT2D eigenvalue weighted by molar-refractivity contribution is -0.0294. The lowest BCUT2D eigenvalue weighted by Gasteiger charge is -2.27. The van der Waals surface area contributed by atoms with Gasteiger partial charge < -0.3 is 10.1 Å². The van der Waals surface area contributed by atoms with Crippen molar-refractivity contribution in [2.75, 3.05) is 13.6 Å². The average molecular weight is 185 g/mol. The van der Waals surface area contributed by atoms with Crippen molar-refractivity contribution in [3.05, 3.63) is 0 Å². The first-order valence-corrected chi connectivity index (χ1v) is 5.67. The number of hydrogen-bond acceptors (Lipinski definition) is 2. The molecule has 78 valence electrons. The zero-order valence-electron chi connectivity index (χ0n) is 9.01. The molecule has 1 atom stereocenters. The fourth-order valence-corrected chi connectivity index (χ4v) is 1.99. The minimum Gasteiger partial charge on any atom is -0.374 e. The van der Waals surface area contributed by atoms with Crippen LogP contribution >= 0.6 is 0 Å². The van der Waals surface area contributed by atoms with Crippen molar-refractivity contribution < 1.29 is 4.74 Å². The quantitative estimate of drug-likeness (QED) is 0.710. The van der Waals surface area contributed by atoms with Gasteiger partial charge in [-0.3, -0.25) is 0 Å². The van der Waals surface area contributed by atoms with Gasteiger partial charge in [0.15, 0.2) is 0 Å². The molecule has 1 saturated carbocycles. The normalized spacial score (nSPS) is 21.7. The maximum Gasteiger partial charge on any atom is 0.0700 e. The molecular formula is C11H23NO. The van der Waals surface area contributed by atoms with Gasteiger partial charge >= 0.3 is 0 Å². The Morgan fingerprint density at radius 1 is 1.31 bits per heavy atom. The monoisotopic (exact) mass is 185 g/mol. The van der Waals surface area contributed by atoms with E-state index in [2.05, 4.69) is 12.2 Å². The Balaban J connectivity index is 2.18. The second-order valence-corrected chi connectivity index (χ2v) is 3.98. The molecule has 1 N–H and O–H groups in total. The van der Waals surface area contributed by atoms with E-state index >= 15 is 0 Å². The molecule has 13 heavy (non-hydrogen) atoms. The van der Waals surface area contributed by atoms with Crippen molar-refractivity contribution >= 4 is 0 Å². The summed E-state index contributed by atoms with van der Waals surface area (Å²) >= 11 is 0. The Morgan fingerprint density at radius 3 is 2.54 bits per heavy atom. The summed E-state index contributed by atoms with van der Waals surface area (Å²) in [6.07, 6.45) is 8.78. The van der Waals surface area contributed by atoms with Crippen molar-refractivity contribution in [2.45, 2.75) is 57.7 Å². The summed E-state index contributed by atoms with van der Waals surface area (Å²) in [7, 11) is 1.99. The van der Waals surface area contributed by atoms with Crippen molar-refractivity contribution in [1.29, 1.82) is 0 Å². The molecule has 1 fully saturated rings. The Morgan fingerprint density at radius 2 is 2.00 bits per heavy atom. The van der Waals surface area contributed by atoms with Crippen molar-refractivity contribution in [3.8, 4) is 0 Å². The molecule has 0 aromatic rings. The van der Waals surface area contributed by atoms with E-state index in [9.17, 15) is 0 Å². The van der Waals surface area contributed by atoms with Crippen LogP contribution < -0.4 is 5.32 Å². The maximum atomic E-state index is 6.02. The van der Waals surface area contributed by atoms with E-state index < -0.39 is 0 Å². The van der Waals surface area contributed by atoms with Crippen molar-refractivity contribution in [3.63, 3.8) is 0 Å². The van der Waals surface area contributed by atoms with Crippen LogP contribution in [0.1, 0.15) is 45.4 Å². The van der Waals surface area contributed by atoms with Crippen LogP contribution in [0.2, 0.25) is 0 Å². The summed E-state index contributed by atoms with van der Waals surface area (Å²) in [6, 6.07) is 0. The molecule has 2 heteroatoms. The van der Waals surface area contributed by atoms with Crippen LogP contribution in [0.3, 0.4) is 0 Å². The van der Waals surface area contributed by atoms with Gasteiger partial charge in [0.2, 0.25) is 0 Å². The second kappa shape index (κ2) is 6.39. The lowest BCUT2D eigenvalue weighted by Crippen LogP contribution is -2.31. The van der Waals surface area contributed by atoms with Gasteiger partial charge in [-0.2, -0.15) is 0 Å². The van der Waals surface area contributed by atoms with Gasteiger partial charge in [-0.1, -0.05) is 26.2 Å². The van der Waals surface area contributed by atoms with E-state index in [1.807, 2.05) is 7.05 Å². The molecule has 0 aliphatic heterocycles. The van der Waals surface area contributed by atoms with Crippen LogP contribution in [-0.4, -0.2) is 25.8 Å². The summed E-state index contributed by atoms with van der Waals surface area (Å²) < 4.78 is 6.02. The molecule has 0 bridgehead atoms. The van der Waals surface area contributed by atoms with E-state index in [0.717, 1.165) is 13.0 Å². The van der Waals surface area contributed by atoms with Gasteiger partial charge in [0.05, 0.1) is 12.2 Å². The SMILES string of the molecule is CCC(CNC)OC1CCCCC1. The highest BCUT2D eigenvalue weighted by Gasteiger charge is 2.17. The molecule has 0 spiro atoms. The standard InChI is InChI=1S/C11H23NO/c1-3-10(9-12-2)13-11-7-5-4-6-8-11/h10-12H,3-9H2,1-2H3. The number of rotatable bonds is 5. The molecule has 2 nitrogen and oxygen atoms in total. The Labute approximate surface area is 82.0 Å². The molecule has 1 aliphatic rings. The van der Waals surface area contributed by atoms with Crippen LogP contribution in [0.15, 0.2) is 0 Å². The van der Waals surface area contributed by atoms with Gasteiger partial charge in [0, 0.05) is 6.54 Å². The van der Waals surface area contributed by atoms with E-state index in [0.29, 0.717) is 12.2 Å². The largest absolute Gasteiger partial charge is 0.374 e. The summed E-state index contributed by atoms with van der Waals surface area (Å²) in [5.41, 5.74) is 0. The first kappa shape index (κ1) is 11.0. The summed E-state index contributed by atoms with van der Waals surface area (Å²) in [5.74, 6) is 0. The molecule has 0 saturated heterocycles. The van der Waals surface area contributed by atoms with Gasteiger partial charge in [0.1, 0.15) is 0 Å². The highest BCUT2D eigenvalue weighted by atomic mass is 16.5. The molecule has 1 unspecified atom stereocenters. The zero-order chi connectivity index (χ0) is 9.52. The van der Waals surface area contributed by atoms with Crippen LogP contribution in [0.25, 0.3) is 0 Å². The predicted octanol–water partition coefficient (Wildman–Crippen LogP) is 2.33. The molecule has 0 aromatic heterocycles. The Hall–Kier alpha value is -0.0800. The zero-order valence-corrected chi connectivity index (χ0v) is 9.01. The third-order valence-electron chi connectivity index (χ3n) is 2.82. The summed E-state index contributed by atoms with van der Waals surface area (Å²) in [5, 5.41) is 3.18. The molecule has 0 amide bonds. The number of nitrogens with one attached hydrogen (secondary N) is 1. The van der Waals surface area contributed by atoms with Crippen LogP contribution in [-0.2, 0) is 4.74 Å². The molecular weight excluding hydrogens is 162 g/mol. The van der Waals surface area contributed by atoms with Gasteiger partial charge in [-0.15, -0.1) is 0 Å². The fraction of sp³-hybridized carbons (Fsp3) is 1.00. The topological polar surface area (TPSA) is 21.3 Å². The minimum absolute atomic E-state index is 0.424. The third-order valence-corrected chi connectivity index (χ3v) is 2.82. The average Bonchev–Trinajstić information content (AvgIpc) is 2.19. The predicted molar refractivity (Wildman–Crippen MR) is 56.0 cm³/mol. The molecule has 0 aromatic carbocycles. The molecule has 0 radical (unpaired) electrons. The smallest absolute Gasteiger partial charge is 0.0700 e. The van der Waals surface area contributed by atoms with Crippen molar-refractivity contribution in [2.24, 2.45) is 0 Å². The Kier molecular flexibility index (Phi) is 5.40. The van der Waals surface area contributed by atoms with E-state index in [1.165, 1.54) is 32.1 Å². The third kappa shape index (κ3) is 4.10. The fourth-order valence-electron chi connectivity index (χ4n) is 1.99. The van der Waals surface area contributed by atoms with Gasteiger partial charge in [0.25, 0.3) is 0 Å². The second-order valence-electron chi connectivity index (χ2n) is 3.98. The summed E-state index contributed by atoms with van der Waals surface area (Å²) in [4.78, 5) is 0. The van der Waals surface area contributed by atoms with Crippen LogP contribution in [0, 0.1) is 0 Å². The molecule has 1 aliphatic carbocycles. The maximum absolute atomic E-state index is 6.02. The highest BCUT2D eigenvalue weighted by molar-refractivity contribution is 4.68. The first-order valence-electron chi connectivity index (χ1n) is 5.67. The molecule has 0 heterocycles. The highest BCUT2D eigenvalue weighted by Crippen LogP contribution is 2.21. The van der Waals surface area contributed by atoms with Gasteiger partial charge in [-0.05, 0) is 26.3 Å². The van der Waals surface area contributed by atoms with E-state index in [4.69, 9.17) is 4.74 Å². The number of likely N-dealkylation sites (N-methyl/N-ethyl adjacent to an activating group) is 1. The Bertz CT molecular complexity index is 119. The van der Waals surface area contributed by atoms with Crippen molar-refractivity contribution in [1.82, 2.24) is 5.32 Å². The summed E-state index contributed by atoms with van der Waals surface area (Å²) in [6.45, 7) is 3.19. The first-order chi connectivity index (χ1) is 6.36. The van der Waals surface area contributed by atoms with E-state index in [1.54, 1.807) is 0 Å². The van der Waals surface area contributed by atoms with Crippen LogP contribution in [0.5, 0.6) is 0 Å². The molecule has 1 rings (SSSR count). The number of hydrogen-bond donors (Lipinski definition) is 1. The minimum atomic E-state index is 0.424. The van der Waals surface area contributed by atoms with E-state index in [-0.39, 0.29) is 0 Å².